The molecule has 3 aliphatic heterocycles. The Morgan fingerprint density at radius 1 is 0.416 bits per heavy atom. The fourth-order valence-corrected chi connectivity index (χ4v) is 10.9. The number of allylic oxidation sites excluding steroid dienone is 15. The maximum atomic E-state index is 13.3. The van der Waals surface area contributed by atoms with Crippen molar-refractivity contribution in [3.63, 3.8) is 0 Å². The predicted molar refractivity (Wildman–Crippen MR) is 346 cm³/mol. The summed E-state index contributed by atoms with van der Waals surface area (Å²) in [7, 11) is 0. The number of nitrogens with one attached hydrogen (secondary N) is 1. The van der Waals surface area contributed by atoms with E-state index in [0.717, 1.165) is 83.5 Å². The summed E-state index contributed by atoms with van der Waals surface area (Å²) in [5.74, 6) is -0.292. The molecule has 17 unspecified atom stereocenters. The molecule has 0 aromatic heterocycles. The number of aliphatic hydroxyl groups is 11. The highest BCUT2D eigenvalue weighted by atomic mass is 16.8. The van der Waals surface area contributed by atoms with Crippen LogP contribution in [0.15, 0.2) is 97.2 Å². The summed E-state index contributed by atoms with van der Waals surface area (Å²) < 4.78 is 34.2. The first kappa shape index (κ1) is 79.9. The van der Waals surface area contributed by atoms with Crippen LogP contribution in [0.1, 0.15) is 206 Å². The number of rotatable bonds is 50. The van der Waals surface area contributed by atoms with Gasteiger partial charge < -0.3 is 89.9 Å². The SMILES string of the molecule is CC/C=C\C/C=C\C/C=C\C/C=C\C/C=C\C/C=C\CCCCCCCCCCCCCCCCCCC(=O)NC(COC1OC(CO)C(OC2OC(CO)C(OC3OC(CO)C(O)C(O)C3O)C(O)C2O)C(O)C1O)C(O)/C=C/CC/C=C/CCCCC. The van der Waals surface area contributed by atoms with Gasteiger partial charge in [0.15, 0.2) is 18.9 Å². The van der Waals surface area contributed by atoms with Crippen LogP contribution in [0.3, 0.4) is 0 Å². The van der Waals surface area contributed by atoms with Crippen LogP contribution in [0.4, 0.5) is 0 Å². The van der Waals surface area contributed by atoms with Gasteiger partial charge in [0.05, 0.1) is 38.6 Å². The second-order valence-corrected chi connectivity index (χ2v) is 23.9. The number of carbonyl (C=O) groups is 1. The largest absolute Gasteiger partial charge is 0.394 e. The van der Waals surface area contributed by atoms with E-state index in [1.54, 1.807) is 6.08 Å². The lowest BCUT2D eigenvalue weighted by Crippen LogP contribution is -2.66. The van der Waals surface area contributed by atoms with E-state index in [1.165, 1.54) is 89.9 Å². The van der Waals surface area contributed by atoms with Crippen molar-refractivity contribution in [3.05, 3.63) is 97.2 Å². The second kappa shape index (κ2) is 51.2. The molecule has 0 saturated carbocycles. The number of hydrogen-bond acceptors (Lipinski definition) is 18. The molecule has 12 N–H and O–H groups in total. The number of amides is 1. The van der Waals surface area contributed by atoms with Gasteiger partial charge in [-0.15, -0.1) is 0 Å². The molecule has 0 bridgehead atoms. The van der Waals surface area contributed by atoms with Crippen LogP contribution in [0.2, 0.25) is 0 Å². The summed E-state index contributed by atoms with van der Waals surface area (Å²) in [5, 5.41) is 120. The molecule has 512 valence electrons. The summed E-state index contributed by atoms with van der Waals surface area (Å²) in [6.45, 7) is 1.51. The monoisotopic (exact) mass is 1260 g/mol. The molecule has 89 heavy (non-hydrogen) atoms. The van der Waals surface area contributed by atoms with E-state index in [0.29, 0.717) is 12.8 Å². The first-order chi connectivity index (χ1) is 43.3. The smallest absolute Gasteiger partial charge is 0.220 e. The Bertz CT molecular complexity index is 1990. The highest BCUT2D eigenvalue weighted by molar-refractivity contribution is 5.76. The Hall–Kier alpha value is -3.29. The fraction of sp³-hybridized carbons (Fsp3) is 0.757. The van der Waals surface area contributed by atoms with E-state index >= 15 is 0 Å². The number of carbonyl (C=O) groups excluding carboxylic acids is 1. The van der Waals surface area contributed by atoms with E-state index in [-0.39, 0.29) is 18.9 Å². The van der Waals surface area contributed by atoms with Crippen LogP contribution in [0, 0.1) is 0 Å². The molecule has 19 nitrogen and oxygen atoms in total. The second-order valence-electron chi connectivity index (χ2n) is 23.9. The Labute approximate surface area is 533 Å². The minimum Gasteiger partial charge on any atom is -0.394 e. The molecule has 3 heterocycles. The van der Waals surface area contributed by atoms with E-state index in [4.69, 9.17) is 28.4 Å². The fourth-order valence-electron chi connectivity index (χ4n) is 10.9. The molecule has 0 aromatic carbocycles. The standard InChI is InChI=1S/C70H119NO18/c1-3-5-7-9-11-13-14-15-16-17-18-19-20-21-22-23-24-25-26-27-28-29-30-31-32-33-34-35-36-37-38-40-42-44-46-48-58(76)71-53(54(75)47-45-43-41-39-12-10-8-6-4-2)52-84-68-64(82)61(79)66(56(50-73)86-68)89-70-65(83)62(80)67(57(51-74)87-70)88-69-63(81)60(78)59(77)55(49-72)85-69/h5,7,11-13,15-16,18-19,21-22,24-25,39,45,47,53-57,59-70,72-75,77-83H,3-4,6,8-10,14,17,20,23,26-38,40-44,46,48-52H2,1-2H3,(H,71,76)/b7-5-,13-11-,16-15-,19-18-,22-21-,25-24-,39-12+,47-45+. The number of ether oxygens (including phenoxy) is 6. The third-order valence-electron chi connectivity index (χ3n) is 16.4. The maximum absolute atomic E-state index is 13.3. The Morgan fingerprint density at radius 2 is 0.787 bits per heavy atom. The van der Waals surface area contributed by atoms with Crippen molar-refractivity contribution < 1.29 is 89.4 Å². The summed E-state index contributed by atoms with van der Waals surface area (Å²) in [5.41, 5.74) is 0. The van der Waals surface area contributed by atoms with E-state index in [1.807, 2.05) is 6.08 Å². The topological polar surface area (TPSA) is 307 Å². The van der Waals surface area contributed by atoms with Crippen LogP contribution in [-0.2, 0) is 33.2 Å². The van der Waals surface area contributed by atoms with Crippen LogP contribution in [0.25, 0.3) is 0 Å². The average Bonchev–Trinajstić information content (AvgIpc) is 1.40. The van der Waals surface area contributed by atoms with Gasteiger partial charge in [-0.2, -0.15) is 0 Å². The average molecular weight is 1260 g/mol. The molecule has 3 rings (SSSR count). The molecule has 0 aromatic rings. The van der Waals surface area contributed by atoms with Crippen LogP contribution in [0.5, 0.6) is 0 Å². The van der Waals surface area contributed by atoms with Crippen molar-refractivity contribution in [3.8, 4) is 0 Å². The zero-order chi connectivity index (χ0) is 64.7. The Kier molecular flexibility index (Phi) is 46.0. The maximum Gasteiger partial charge on any atom is 0.220 e. The van der Waals surface area contributed by atoms with Gasteiger partial charge in [0.25, 0.3) is 0 Å². The van der Waals surface area contributed by atoms with Crippen molar-refractivity contribution in [1.29, 1.82) is 0 Å². The van der Waals surface area contributed by atoms with Crippen molar-refractivity contribution in [2.75, 3.05) is 26.4 Å². The van der Waals surface area contributed by atoms with Gasteiger partial charge in [-0.1, -0.05) is 214 Å². The lowest BCUT2D eigenvalue weighted by atomic mass is 9.96. The molecular formula is C70H119NO18. The highest BCUT2D eigenvalue weighted by Crippen LogP contribution is 2.33. The summed E-state index contributed by atoms with van der Waals surface area (Å²) >= 11 is 0. The van der Waals surface area contributed by atoms with E-state index < -0.39 is 124 Å². The quantitative estimate of drug-likeness (QED) is 0.0201. The molecule has 17 atom stereocenters. The molecule has 3 fully saturated rings. The lowest BCUT2D eigenvalue weighted by molar-refractivity contribution is -0.379. The van der Waals surface area contributed by atoms with Crippen molar-refractivity contribution >= 4 is 5.91 Å². The van der Waals surface area contributed by atoms with Gasteiger partial charge in [0.2, 0.25) is 5.91 Å². The summed E-state index contributed by atoms with van der Waals surface area (Å²) in [6.07, 6.45) is 40.1. The van der Waals surface area contributed by atoms with E-state index in [9.17, 15) is 61.0 Å². The first-order valence-corrected chi connectivity index (χ1v) is 34.0. The number of hydrogen-bond donors (Lipinski definition) is 12. The Morgan fingerprint density at radius 3 is 1.26 bits per heavy atom. The number of unbranched alkanes of at least 4 members (excludes halogenated alkanes) is 20. The molecule has 19 heteroatoms. The van der Waals surface area contributed by atoms with E-state index in [2.05, 4.69) is 104 Å². The van der Waals surface area contributed by atoms with Crippen molar-refractivity contribution in [2.45, 2.75) is 311 Å². The van der Waals surface area contributed by atoms with Gasteiger partial charge in [-0.05, 0) is 83.5 Å². The van der Waals surface area contributed by atoms with Crippen molar-refractivity contribution in [1.82, 2.24) is 5.32 Å². The lowest BCUT2D eigenvalue weighted by Gasteiger charge is -2.48. The molecular weight excluding hydrogens is 1140 g/mol. The van der Waals surface area contributed by atoms with Gasteiger partial charge in [-0.3, -0.25) is 4.79 Å². The zero-order valence-corrected chi connectivity index (χ0v) is 53.9. The normalized spacial score (nSPS) is 28.8. The minimum atomic E-state index is -1.98. The van der Waals surface area contributed by atoms with Gasteiger partial charge in [0.1, 0.15) is 73.2 Å². The van der Waals surface area contributed by atoms with Gasteiger partial charge in [-0.25, -0.2) is 0 Å². The van der Waals surface area contributed by atoms with Gasteiger partial charge in [0, 0.05) is 6.42 Å². The van der Waals surface area contributed by atoms with Crippen LogP contribution < -0.4 is 5.32 Å². The predicted octanol–water partition coefficient (Wildman–Crippen LogP) is 8.49. The molecule has 0 aliphatic carbocycles. The molecule has 0 spiro atoms. The zero-order valence-electron chi connectivity index (χ0n) is 53.9. The Balaban J connectivity index is 1.32. The first-order valence-electron chi connectivity index (χ1n) is 34.0. The van der Waals surface area contributed by atoms with Crippen molar-refractivity contribution in [2.24, 2.45) is 0 Å². The molecule has 1 amide bonds. The molecule has 3 aliphatic rings. The van der Waals surface area contributed by atoms with Crippen LogP contribution >= 0.6 is 0 Å². The minimum absolute atomic E-state index is 0.231. The van der Waals surface area contributed by atoms with Gasteiger partial charge >= 0.3 is 0 Å². The number of aliphatic hydroxyl groups excluding tert-OH is 11. The summed E-state index contributed by atoms with van der Waals surface area (Å²) in [6, 6.07) is -0.992. The highest BCUT2D eigenvalue weighted by Gasteiger charge is 2.53. The van der Waals surface area contributed by atoms with Crippen LogP contribution in [-0.4, -0.2) is 193 Å². The third kappa shape index (κ3) is 33.4. The molecule has 3 saturated heterocycles. The third-order valence-corrected chi connectivity index (χ3v) is 16.4. The summed E-state index contributed by atoms with van der Waals surface area (Å²) in [4.78, 5) is 13.3. The molecule has 0 radical (unpaired) electrons.